The fourth-order valence-corrected chi connectivity index (χ4v) is 3.87. The standard InChI is InChI=1S/C26H26ClN3O6/c1-4-33-22-15-17(13-18-25(28)30-23(29-26(18)31)12-16(2)36-30)14-19(27)24(22)35-11-7-10-34-21-9-6-5-8-20(21)32-3/h5-6,8-9,12-15,28H,4,7,10-11H2,1-3H3/b18-13+,28-25?. The van der Waals surface area contributed by atoms with E-state index in [-0.39, 0.29) is 17.2 Å². The molecule has 1 amide bonds. The van der Waals surface area contributed by atoms with Crippen molar-refractivity contribution in [1.29, 1.82) is 5.41 Å². The highest BCUT2D eigenvalue weighted by atomic mass is 35.5. The van der Waals surface area contributed by atoms with E-state index in [0.29, 0.717) is 65.6 Å². The van der Waals surface area contributed by atoms with E-state index in [1.165, 1.54) is 11.1 Å². The maximum Gasteiger partial charge on any atom is 0.282 e. The molecule has 0 bridgehead atoms. The van der Waals surface area contributed by atoms with Crippen LogP contribution >= 0.6 is 11.6 Å². The number of aliphatic imine (C=N–C) groups is 1. The Balaban J connectivity index is 1.45. The van der Waals surface area contributed by atoms with Crippen LogP contribution in [0.4, 0.5) is 0 Å². The molecule has 9 nitrogen and oxygen atoms in total. The topological polar surface area (TPSA) is 103 Å². The van der Waals surface area contributed by atoms with Crippen molar-refractivity contribution in [2.45, 2.75) is 20.3 Å². The molecule has 2 aliphatic rings. The van der Waals surface area contributed by atoms with E-state index in [2.05, 4.69) is 4.99 Å². The second kappa shape index (κ2) is 11.2. The molecular formula is C26H26ClN3O6. The van der Waals surface area contributed by atoms with Gasteiger partial charge in [0.2, 0.25) is 0 Å². The van der Waals surface area contributed by atoms with Crippen LogP contribution in [0.3, 0.4) is 0 Å². The minimum atomic E-state index is -0.537. The molecule has 0 saturated carbocycles. The molecule has 2 aromatic rings. The Morgan fingerprint density at radius 2 is 1.86 bits per heavy atom. The molecule has 0 aromatic heterocycles. The molecule has 1 N–H and O–H groups in total. The number of para-hydroxylation sites is 2. The third-order valence-electron chi connectivity index (χ3n) is 5.18. The molecule has 2 heterocycles. The first-order valence-electron chi connectivity index (χ1n) is 11.4. The number of hydrogen-bond acceptors (Lipinski definition) is 7. The van der Waals surface area contributed by atoms with Crippen LogP contribution in [0.2, 0.25) is 5.02 Å². The summed E-state index contributed by atoms with van der Waals surface area (Å²) < 4.78 is 22.7. The lowest BCUT2D eigenvalue weighted by Crippen LogP contribution is -2.38. The number of methoxy groups -OCH3 is 1. The molecule has 4 rings (SSSR count). The van der Waals surface area contributed by atoms with Crippen molar-refractivity contribution < 1.29 is 28.6 Å². The molecule has 2 aromatic carbocycles. The number of fused-ring (bicyclic) bond motifs is 1. The van der Waals surface area contributed by atoms with Gasteiger partial charge >= 0.3 is 0 Å². The largest absolute Gasteiger partial charge is 0.493 e. The fraction of sp³-hybridized carbons (Fsp3) is 0.269. The highest BCUT2D eigenvalue weighted by Gasteiger charge is 2.34. The fourth-order valence-electron chi connectivity index (χ4n) is 3.59. The van der Waals surface area contributed by atoms with Crippen molar-refractivity contribution in [1.82, 2.24) is 5.06 Å². The van der Waals surface area contributed by atoms with Crippen molar-refractivity contribution in [3.63, 3.8) is 0 Å². The number of amidine groups is 2. The average molecular weight is 512 g/mol. The molecule has 2 aliphatic heterocycles. The summed E-state index contributed by atoms with van der Waals surface area (Å²) in [7, 11) is 1.60. The summed E-state index contributed by atoms with van der Waals surface area (Å²) in [5, 5.41) is 9.90. The summed E-state index contributed by atoms with van der Waals surface area (Å²) in [5.41, 5.74) is 0.633. The van der Waals surface area contributed by atoms with Crippen LogP contribution < -0.4 is 18.9 Å². The van der Waals surface area contributed by atoms with Crippen molar-refractivity contribution in [2.75, 3.05) is 26.9 Å². The minimum absolute atomic E-state index is 0.0718. The van der Waals surface area contributed by atoms with E-state index >= 15 is 0 Å². The molecular weight excluding hydrogens is 486 g/mol. The first-order chi connectivity index (χ1) is 17.4. The van der Waals surface area contributed by atoms with E-state index in [1.807, 2.05) is 31.2 Å². The molecule has 36 heavy (non-hydrogen) atoms. The second-order valence-electron chi connectivity index (χ2n) is 7.79. The van der Waals surface area contributed by atoms with Gasteiger partial charge in [-0.3, -0.25) is 10.2 Å². The van der Waals surface area contributed by atoms with Crippen LogP contribution in [0.1, 0.15) is 25.8 Å². The van der Waals surface area contributed by atoms with Crippen LogP contribution in [0.15, 0.2) is 58.8 Å². The highest BCUT2D eigenvalue weighted by Crippen LogP contribution is 2.38. The Bertz CT molecular complexity index is 1270. The van der Waals surface area contributed by atoms with Crippen molar-refractivity contribution in [2.24, 2.45) is 4.99 Å². The molecule has 10 heteroatoms. The van der Waals surface area contributed by atoms with Crippen LogP contribution in [-0.2, 0) is 9.63 Å². The van der Waals surface area contributed by atoms with Gasteiger partial charge in [-0.1, -0.05) is 23.7 Å². The number of hydroxylamine groups is 2. The number of carbonyl (C=O) groups excluding carboxylic acids is 1. The molecule has 0 radical (unpaired) electrons. The van der Waals surface area contributed by atoms with Crippen molar-refractivity contribution >= 4 is 35.3 Å². The number of rotatable bonds is 10. The first-order valence-corrected chi connectivity index (χ1v) is 11.7. The quantitative estimate of drug-likeness (QED) is 0.352. The van der Waals surface area contributed by atoms with Gasteiger partial charge in [0, 0.05) is 12.5 Å². The molecule has 0 saturated heterocycles. The van der Waals surface area contributed by atoms with E-state index in [4.69, 9.17) is 40.8 Å². The summed E-state index contributed by atoms with van der Waals surface area (Å²) >= 11 is 6.53. The van der Waals surface area contributed by atoms with Crippen molar-refractivity contribution in [3.05, 3.63) is 64.4 Å². The van der Waals surface area contributed by atoms with Gasteiger partial charge in [0.1, 0.15) is 5.76 Å². The van der Waals surface area contributed by atoms with E-state index in [1.54, 1.807) is 32.2 Å². The number of nitrogens with one attached hydrogen (secondary N) is 1. The summed E-state index contributed by atoms with van der Waals surface area (Å²) in [4.78, 5) is 22.0. The lowest BCUT2D eigenvalue weighted by molar-refractivity contribution is -0.114. The highest BCUT2D eigenvalue weighted by molar-refractivity contribution is 6.33. The van der Waals surface area contributed by atoms with Gasteiger partial charge in [-0.05, 0) is 49.8 Å². The predicted molar refractivity (Wildman–Crippen MR) is 136 cm³/mol. The monoisotopic (exact) mass is 511 g/mol. The molecule has 0 atom stereocenters. The van der Waals surface area contributed by atoms with Gasteiger partial charge in [-0.2, -0.15) is 4.99 Å². The van der Waals surface area contributed by atoms with Crippen molar-refractivity contribution in [3.8, 4) is 23.0 Å². The number of carbonyl (C=O) groups is 1. The Kier molecular flexibility index (Phi) is 7.80. The van der Waals surface area contributed by atoms with Crippen LogP contribution in [0, 0.1) is 5.41 Å². The number of nitrogens with zero attached hydrogens (tertiary/aromatic N) is 2. The minimum Gasteiger partial charge on any atom is -0.493 e. The van der Waals surface area contributed by atoms with Crippen LogP contribution in [0.5, 0.6) is 23.0 Å². The molecule has 0 spiro atoms. The smallest absolute Gasteiger partial charge is 0.282 e. The number of benzene rings is 2. The number of halogens is 1. The van der Waals surface area contributed by atoms with Gasteiger partial charge in [0.05, 0.1) is 37.5 Å². The van der Waals surface area contributed by atoms with Gasteiger partial charge in [-0.25, -0.2) is 0 Å². The second-order valence-corrected chi connectivity index (χ2v) is 8.19. The zero-order valence-electron chi connectivity index (χ0n) is 20.2. The van der Waals surface area contributed by atoms with E-state index in [0.717, 1.165) is 0 Å². The van der Waals surface area contributed by atoms with Gasteiger partial charge in [-0.15, -0.1) is 5.06 Å². The molecule has 188 valence electrons. The zero-order chi connectivity index (χ0) is 25.7. The zero-order valence-corrected chi connectivity index (χ0v) is 20.9. The summed E-state index contributed by atoms with van der Waals surface area (Å²) in [5.74, 6) is 2.33. The maximum atomic E-state index is 12.5. The number of allylic oxidation sites excluding steroid dienone is 1. The predicted octanol–water partition coefficient (Wildman–Crippen LogP) is 5.05. The van der Waals surface area contributed by atoms with Gasteiger partial charge in [0.25, 0.3) is 5.91 Å². The third kappa shape index (κ3) is 5.46. The first kappa shape index (κ1) is 25.1. The van der Waals surface area contributed by atoms with Crippen LogP contribution in [-0.4, -0.2) is 49.6 Å². The van der Waals surface area contributed by atoms with Gasteiger partial charge in [0.15, 0.2) is 34.7 Å². The third-order valence-corrected chi connectivity index (χ3v) is 5.47. The number of hydrogen-bond donors (Lipinski definition) is 1. The summed E-state index contributed by atoms with van der Waals surface area (Å²) in [6, 6.07) is 10.8. The Morgan fingerprint density at radius 3 is 2.61 bits per heavy atom. The Hall–Kier alpha value is -3.98. The SMILES string of the molecule is CCOc1cc(/C=C2\C(=N)N3OC(C)=CC3=NC2=O)cc(Cl)c1OCCCOc1ccccc1OC. The normalized spacial score (nSPS) is 15.8. The van der Waals surface area contributed by atoms with Gasteiger partial charge < -0.3 is 23.8 Å². The molecule has 0 aliphatic carbocycles. The maximum absolute atomic E-state index is 12.5. The number of amides is 1. The Labute approximate surface area is 214 Å². The number of ether oxygens (including phenoxy) is 4. The summed E-state index contributed by atoms with van der Waals surface area (Å²) in [6.45, 7) is 4.72. The van der Waals surface area contributed by atoms with Crippen LogP contribution in [0.25, 0.3) is 6.08 Å². The van der Waals surface area contributed by atoms with E-state index < -0.39 is 5.91 Å². The van der Waals surface area contributed by atoms with E-state index in [9.17, 15) is 4.79 Å². The average Bonchev–Trinajstić information content (AvgIpc) is 3.23. The lowest BCUT2D eigenvalue weighted by atomic mass is 10.1. The Morgan fingerprint density at radius 1 is 1.11 bits per heavy atom. The molecule has 0 fully saturated rings. The molecule has 0 unspecified atom stereocenters. The summed E-state index contributed by atoms with van der Waals surface area (Å²) in [6.07, 6.45) is 3.73. The lowest BCUT2D eigenvalue weighted by Gasteiger charge is -2.23.